The average molecular weight is 192 g/mol. The highest BCUT2D eigenvalue weighted by molar-refractivity contribution is 5.75. The molecule has 0 unspecified atom stereocenters. The Labute approximate surface area is 76.6 Å². The van der Waals surface area contributed by atoms with Gasteiger partial charge in [-0.15, -0.1) is 0 Å². The van der Waals surface area contributed by atoms with Gasteiger partial charge in [0.15, 0.2) is 5.96 Å². The first-order valence-corrected chi connectivity index (χ1v) is 3.17. The zero-order chi connectivity index (χ0) is 11.4. The smallest absolute Gasteiger partial charge is 0.300 e. The van der Waals surface area contributed by atoms with E-state index < -0.39 is 5.97 Å². The monoisotopic (exact) mass is 192 g/mol. The van der Waals surface area contributed by atoms with Gasteiger partial charge in [-0.1, -0.05) is 0 Å². The number of primary amides is 1. The lowest BCUT2D eigenvalue weighted by Gasteiger charge is -1.77. The third-order valence-electron chi connectivity index (χ3n) is 0.258. The average Bonchev–Trinajstić information content (AvgIpc) is 1.84. The second-order valence-electron chi connectivity index (χ2n) is 1.78. The van der Waals surface area contributed by atoms with Crippen molar-refractivity contribution in [3.8, 4) is 0 Å². The predicted molar refractivity (Wildman–Crippen MR) is 49.9 cm³/mol. The fraction of sp³-hybridized carbons (Fsp3) is 0.500. The minimum atomic E-state index is -0.833. The fourth-order valence-corrected chi connectivity index (χ4v) is 0. The van der Waals surface area contributed by atoms with Crippen molar-refractivity contribution in [2.24, 2.45) is 22.2 Å². The molecule has 1 amide bonds. The molecule has 13 heavy (non-hydrogen) atoms. The van der Waals surface area contributed by atoms with E-state index in [9.17, 15) is 4.79 Å². The molecule has 78 valence electrons. The lowest BCUT2D eigenvalue weighted by Crippen LogP contribution is -2.21. The summed E-state index contributed by atoms with van der Waals surface area (Å²) in [6.07, 6.45) is 0. The topological polar surface area (TPSA) is 145 Å². The van der Waals surface area contributed by atoms with Gasteiger partial charge in [-0.25, -0.2) is 0 Å². The van der Waals surface area contributed by atoms with Gasteiger partial charge in [0.1, 0.15) is 0 Å². The molecule has 0 aliphatic heterocycles. The van der Waals surface area contributed by atoms with Crippen molar-refractivity contribution < 1.29 is 14.7 Å². The summed E-state index contributed by atoms with van der Waals surface area (Å²) in [5.41, 5.74) is 14.1. The van der Waals surface area contributed by atoms with E-state index >= 15 is 0 Å². The van der Waals surface area contributed by atoms with E-state index in [4.69, 9.17) is 21.4 Å². The second-order valence-corrected chi connectivity index (χ2v) is 1.78. The molecule has 0 bridgehead atoms. The van der Waals surface area contributed by atoms with Gasteiger partial charge >= 0.3 is 0 Å². The van der Waals surface area contributed by atoms with Crippen LogP contribution >= 0.6 is 0 Å². The molecule has 0 saturated heterocycles. The van der Waals surface area contributed by atoms with Crippen molar-refractivity contribution in [3.63, 3.8) is 0 Å². The van der Waals surface area contributed by atoms with Crippen LogP contribution in [0.3, 0.4) is 0 Å². The molecule has 0 fully saturated rings. The molecule has 7 N–H and O–H groups in total. The minimum Gasteiger partial charge on any atom is -0.481 e. The molecule has 0 atom stereocenters. The summed E-state index contributed by atoms with van der Waals surface area (Å²) in [6, 6.07) is 0. The van der Waals surface area contributed by atoms with Gasteiger partial charge in [-0.3, -0.25) is 14.6 Å². The molecule has 0 aromatic heterocycles. The lowest BCUT2D eigenvalue weighted by molar-refractivity contribution is -0.134. The van der Waals surface area contributed by atoms with Crippen molar-refractivity contribution in [2.75, 3.05) is 7.05 Å². The van der Waals surface area contributed by atoms with Gasteiger partial charge in [0.2, 0.25) is 5.91 Å². The van der Waals surface area contributed by atoms with Gasteiger partial charge in [0, 0.05) is 20.9 Å². The summed E-state index contributed by atoms with van der Waals surface area (Å²) in [5.74, 6) is -1.04. The number of rotatable bonds is 0. The molecular formula is C6H16N4O3. The molecule has 0 aliphatic rings. The van der Waals surface area contributed by atoms with E-state index in [0.717, 1.165) is 6.92 Å². The SMILES string of the molecule is CC(=O)O.CC(N)=O.CN=C(N)N. The summed E-state index contributed by atoms with van der Waals surface area (Å²) in [6.45, 7) is 2.39. The summed E-state index contributed by atoms with van der Waals surface area (Å²) >= 11 is 0. The summed E-state index contributed by atoms with van der Waals surface area (Å²) in [5, 5.41) is 7.42. The minimum absolute atomic E-state index is 0.130. The Hall–Kier alpha value is -1.79. The van der Waals surface area contributed by atoms with Crippen LogP contribution in [0.4, 0.5) is 0 Å². The predicted octanol–water partition coefficient (Wildman–Crippen LogP) is -1.53. The number of nitrogens with two attached hydrogens (primary N) is 3. The molecule has 0 saturated carbocycles. The lowest BCUT2D eigenvalue weighted by atomic mass is 10.8. The van der Waals surface area contributed by atoms with Crippen molar-refractivity contribution >= 4 is 17.8 Å². The van der Waals surface area contributed by atoms with Gasteiger partial charge in [-0.2, -0.15) is 0 Å². The summed E-state index contributed by atoms with van der Waals surface area (Å²) < 4.78 is 0. The largest absolute Gasteiger partial charge is 0.481 e. The maximum absolute atomic E-state index is 9.22. The number of carbonyl (C=O) groups excluding carboxylic acids is 1. The van der Waals surface area contributed by atoms with Crippen molar-refractivity contribution in [1.82, 2.24) is 0 Å². The van der Waals surface area contributed by atoms with E-state index in [1.54, 1.807) is 0 Å². The van der Waals surface area contributed by atoms with Gasteiger partial charge in [0.05, 0.1) is 0 Å². The van der Waals surface area contributed by atoms with E-state index in [2.05, 4.69) is 10.7 Å². The Balaban J connectivity index is -0.000000117. The molecule has 0 aromatic rings. The number of guanidine groups is 1. The second kappa shape index (κ2) is 12.8. The third kappa shape index (κ3) is 15600. The van der Waals surface area contributed by atoms with Crippen LogP contribution in [0.15, 0.2) is 4.99 Å². The molecule has 7 heteroatoms. The maximum atomic E-state index is 9.22. The molecular weight excluding hydrogens is 176 g/mol. The highest BCUT2D eigenvalue weighted by atomic mass is 16.4. The number of carboxylic acid groups (broad SMARTS) is 1. The number of carboxylic acids is 1. The Kier molecular flexibility index (Phi) is 17.1. The normalized spacial score (nSPS) is 6.38. The molecule has 0 radical (unpaired) electrons. The van der Waals surface area contributed by atoms with Crippen molar-refractivity contribution in [2.45, 2.75) is 13.8 Å². The standard InChI is InChI=1S/C2H7N3.C2H5NO.C2H4O2/c1-5-2(3)4;2*1-2(3)4/h1H3,(H4,3,4,5);1H3,(H2,3,4);1H3,(H,3,4). The number of amides is 1. The zero-order valence-electron chi connectivity index (χ0n) is 7.94. The highest BCUT2D eigenvalue weighted by Gasteiger charge is 1.65. The van der Waals surface area contributed by atoms with Crippen LogP contribution in [0.2, 0.25) is 0 Å². The Morgan fingerprint density at radius 2 is 1.23 bits per heavy atom. The molecule has 0 rings (SSSR count). The van der Waals surface area contributed by atoms with Crippen LogP contribution in [-0.2, 0) is 9.59 Å². The van der Waals surface area contributed by atoms with E-state index in [1.165, 1.54) is 14.0 Å². The molecule has 7 nitrogen and oxygen atoms in total. The number of aliphatic carboxylic acids is 1. The molecule has 0 aliphatic carbocycles. The first-order chi connectivity index (χ1) is 5.73. The summed E-state index contributed by atoms with van der Waals surface area (Å²) in [4.78, 5) is 21.6. The van der Waals surface area contributed by atoms with Crippen LogP contribution in [0, 0.1) is 0 Å². The number of nitrogens with zero attached hydrogens (tertiary/aromatic N) is 1. The quantitative estimate of drug-likeness (QED) is 0.272. The fourth-order valence-electron chi connectivity index (χ4n) is 0. The first kappa shape index (κ1) is 17.3. The maximum Gasteiger partial charge on any atom is 0.300 e. The number of hydrogen-bond acceptors (Lipinski definition) is 3. The number of aliphatic imine (C=N–C) groups is 1. The van der Waals surface area contributed by atoms with Gasteiger partial charge < -0.3 is 22.3 Å². The van der Waals surface area contributed by atoms with Gasteiger partial charge in [-0.05, 0) is 0 Å². The molecule has 0 spiro atoms. The van der Waals surface area contributed by atoms with Crippen molar-refractivity contribution in [3.05, 3.63) is 0 Å². The summed E-state index contributed by atoms with van der Waals surface area (Å²) in [7, 11) is 1.54. The highest BCUT2D eigenvalue weighted by Crippen LogP contribution is 1.42. The van der Waals surface area contributed by atoms with Crippen LogP contribution in [0.5, 0.6) is 0 Å². The number of carbonyl (C=O) groups is 2. The first-order valence-electron chi connectivity index (χ1n) is 3.17. The van der Waals surface area contributed by atoms with Crippen LogP contribution < -0.4 is 17.2 Å². The zero-order valence-corrected chi connectivity index (χ0v) is 7.94. The van der Waals surface area contributed by atoms with Crippen LogP contribution in [0.25, 0.3) is 0 Å². The molecule has 0 aromatic carbocycles. The Morgan fingerprint density at radius 3 is 1.23 bits per heavy atom. The van der Waals surface area contributed by atoms with E-state index in [0.29, 0.717) is 0 Å². The van der Waals surface area contributed by atoms with Crippen molar-refractivity contribution in [1.29, 1.82) is 0 Å². The third-order valence-corrected chi connectivity index (χ3v) is 0.258. The molecule has 0 heterocycles. The Bertz CT molecular complexity index is 155. The number of hydrogen-bond donors (Lipinski definition) is 4. The Morgan fingerprint density at radius 1 is 1.15 bits per heavy atom. The van der Waals surface area contributed by atoms with E-state index in [-0.39, 0.29) is 11.9 Å². The van der Waals surface area contributed by atoms with E-state index in [1.807, 2.05) is 0 Å². The van der Waals surface area contributed by atoms with Crippen LogP contribution in [0.1, 0.15) is 13.8 Å². The van der Waals surface area contributed by atoms with Gasteiger partial charge in [0.25, 0.3) is 5.97 Å². The van der Waals surface area contributed by atoms with Crippen LogP contribution in [-0.4, -0.2) is 30.0 Å².